The first-order valence-corrected chi connectivity index (χ1v) is 11.6. The molecule has 0 saturated heterocycles. The van der Waals surface area contributed by atoms with Crippen molar-refractivity contribution in [2.45, 2.75) is 84.3 Å². The molecule has 4 fully saturated rings. The average molecular weight is 385 g/mol. The van der Waals surface area contributed by atoms with Crippen molar-refractivity contribution in [1.82, 2.24) is 9.78 Å². The number of nitrogens with zero attached hydrogens (tertiary/aromatic N) is 2. The maximum atomic E-state index is 13.2. The van der Waals surface area contributed by atoms with Gasteiger partial charge in [-0.05, 0) is 98.4 Å². The van der Waals surface area contributed by atoms with Crippen molar-refractivity contribution in [1.29, 1.82) is 0 Å². The van der Waals surface area contributed by atoms with Gasteiger partial charge in [0.05, 0.1) is 12.6 Å². The smallest absolute Gasteiger partial charge is 0.157 e. The van der Waals surface area contributed by atoms with E-state index in [9.17, 15) is 9.90 Å². The van der Waals surface area contributed by atoms with Crippen molar-refractivity contribution < 1.29 is 9.90 Å². The number of aromatic nitrogens is 2. The van der Waals surface area contributed by atoms with Crippen molar-refractivity contribution in [3.05, 3.63) is 18.5 Å². The van der Waals surface area contributed by atoms with Gasteiger partial charge in [-0.3, -0.25) is 9.48 Å². The Morgan fingerprint density at radius 2 is 1.86 bits per heavy atom. The topological polar surface area (TPSA) is 55.1 Å². The van der Waals surface area contributed by atoms with Crippen LogP contribution in [0.25, 0.3) is 0 Å². The third-order valence-electron chi connectivity index (χ3n) is 9.90. The van der Waals surface area contributed by atoms with Crippen LogP contribution in [0.5, 0.6) is 0 Å². The van der Waals surface area contributed by atoms with Gasteiger partial charge in [0.25, 0.3) is 0 Å². The van der Waals surface area contributed by atoms with Crippen LogP contribution in [-0.4, -0.2) is 26.8 Å². The number of ketones is 1. The molecule has 4 aliphatic rings. The quantitative estimate of drug-likeness (QED) is 0.836. The number of fused-ring (bicyclic) bond motifs is 5. The first kappa shape index (κ1) is 18.8. The van der Waals surface area contributed by atoms with Crippen LogP contribution < -0.4 is 0 Å². The SMILES string of the molecule is C[C@]12CC[C@H]3[C@@H](CCC4CC(O)CC[C@@]43C)[C@@H]1CC[C@@H]2C(=O)Cn1cccn1. The fourth-order valence-corrected chi connectivity index (χ4v) is 8.43. The summed E-state index contributed by atoms with van der Waals surface area (Å²) < 4.78 is 1.80. The van der Waals surface area contributed by atoms with Crippen molar-refractivity contribution in [3.63, 3.8) is 0 Å². The molecule has 1 N–H and O–H groups in total. The van der Waals surface area contributed by atoms with Gasteiger partial charge in [0.2, 0.25) is 0 Å². The Kier molecular flexibility index (Phi) is 4.50. The standard InChI is InChI=1S/C24H36N2O2/c1-23-10-8-17(27)14-16(23)4-5-18-19-6-7-21(24(19,2)11-9-20(18)23)22(28)15-26-13-3-12-25-26/h3,12-13,16-21,27H,4-11,14-15H2,1-2H3/t16?,17?,18-,19-,20-,21+,23-,24-/m0/s1. The molecular weight excluding hydrogens is 348 g/mol. The molecule has 0 amide bonds. The second-order valence-electron chi connectivity index (χ2n) is 10.9. The van der Waals surface area contributed by atoms with E-state index >= 15 is 0 Å². The van der Waals surface area contributed by atoms with Crippen molar-refractivity contribution in [2.75, 3.05) is 0 Å². The van der Waals surface area contributed by atoms with E-state index in [1.807, 2.05) is 12.3 Å². The van der Waals surface area contributed by atoms with E-state index in [4.69, 9.17) is 0 Å². The predicted octanol–water partition coefficient (Wildman–Crippen LogP) is 4.47. The minimum Gasteiger partial charge on any atom is -0.393 e. The number of aliphatic hydroxyl groups is 1. The molecule has 154 valence electrons. The Morgan fingerprint density at radius 3 is 2.64 bits per heavy atom. The first-order valence-electron chi connectivity index (χ1n) is 11.6. The number of carbonyl (C=O) groups excluding carboxylic acids is 1. The van der Waals surface area contributed by atoms with Crippen molar-refractivity contribution in [2.24, 2.45) is 40.4 Å². The summed E-state index contributed by atoms with van der Waals surface area (Å²) >= 11 is 0. The number of aliphatic hydroxyl groups excluding tert-OH is 1. The van der Waals surface area contributed by atoms with E-state index < -0.39 is 0 Å². The van der Waals surface area contributed by atoms with E-state index in [2.05, 4.69) is 18.9 Å². The van der Waals surface area contributed by atoms with Crippen molar-refractivity contribution >= 4 is 5.78 Å². The third kappa shape index (κ3) is 2.74. The van der Waals surface area contributed by atoms with Gasteiger partial charge in [-0.25, -0.2) is 0 Å². The van der Waals surface area contributed by atoms with Crippen LogP contribution >= 0.6 is 0 Å². The lowest BCUT2D eigenvalue weighted by Gasteiger charge is -2.60. The van der Waals surface area contributed by atoms with Gasteiger partial charge < -0.3 is 5.11 Å². The van der Waals surface area contributed by atoms with Gasteiger partial charge in [-0.15, -0.1) is 0 Å². The van der Waals surface area contributed by atoms with E-state index in [0.29, 0.717) is 29.6 Å². The van der Waals surface area contributed by atoms with Gasteiger partial charge in [0.1, 0.15) is 0 Å². The molecule has 4 aliphatic carbocycles. The van der Waals surface area contributed by atoms with Gasteiger partial charge in [-0.2, -0.15) is 5.10 Å². The monoisotopic (exact) mass is 384 g/mol. The van der Waals surface area contributed by atoms with Gasteiger partial charge in [0, 0.05) is 18.3 Å². The van der Waals surface area contributed by atoms with Gasteiger partial charge in [-0.1, -0.05) is 13.8 Å². The lowest BCUT2D eigenvalue weighted by molar-refractivity contribution is -0.140. The number of hydrogen-bond acceptors (Lipinski definition) is 3. The van der Waals surface area contributed by atoms with Crippen LogP contribution in [0.15, 0.2) is 18.5 Å². The number of carbonyl (C=O) groups is 1. The zero-order valence-corrected chi connectivity index (χ0v) is 17.5. The van der Waals surface area contributed by atoms with E-state index in [1.54, 1.807) is 10.9 Å². The first-order chi connectivity index (χ1) is 13.4. The lowest BCUT2D eigenvalue weighted by Crippen LogP contribution is -2.54. The highest BCUT2D eigenvalue weighted by Crippen LogP contribution is 2.67. The molecule has 2 unspecified atom stereocenters. The molecule has 0 spiro atoms. The summed E-state index contributed by atoms with van der Waals surface area (Å²) in [7, 11) is 0. The second-order valence-corrected chi connectivity index (χ2v) is 10.9. The average Bonchev–Trinajstić information content (AvgIpc) is 3.29. The fraction of sp³-hybridized carbons (Fsp3) is 0.833. The summed E-state index contributed by atoms with van der Waals surface area (Å²) in [6, 6.07) is 1.90. The zero-order valence-electron chi connectivity index (χ0n) is 17.5. The molecule has 8 atom stereocenters. The zero-order chi connectivity index (χ0) is 19.5. The van der Waals surface area contributed by atoms with E-state index in [0.717, 1.165) is 31.1 Å². The molecule has 28 heavy (non-hydrogen) atoms. The van der Waals surface area contributed by atoms with Crippen LogP contribution in [0.2, 0.25) is 0 Å². The Balaban J connectivity index is 1.36. The van der Waals surface area contributed by atoms with Crippen molar-refractivity contribution in [3.8, 4) is 0 Å². The summed E-state index contributed by atoms with van der Waals surface area (Å²) in [5, 5.41) is 14.5. The molecule has 4 nitrogen and oxygen atoms in total. The van der Waals surface area contributed by atoms with Gasteiger partial charge in [0.15, 0.2) is 5.78 Å². The Bertz CT molecular complexity index is 731. The molecule has 1 heterocycles. The minimum absolute atomic E-state index is 0.0701. The molecule has 0 radical (unpaired) electrons. The highest BCUT2D eigenvalue weighted by molar-refractivity contribution is 5.82. The third-order valence-corrected chi connectivity index (χ3v) is 9.90. The second kappa shape index (κ2) is 6.68. The van der Waals surface area contributed by atoms with E-state index in [-0.39, 0.29) is 17.4 Å². The molecule has 5 rings (SSSR count). The Morgan fingerprint density at radius 1 is 1.07 bits per heavy atom. The summed E-state index contributed by atoms with van der Waals surface area (Å²) in [5.41, 5.74) is 0.601. The minimum atomic E-state index is -0.0701. The molecule has 0 aromatic carbocycles. The molecule has 1 aromatic heterocycles. The number of Topliss-reactive ketones (excluding diaryl/α,β-unsaturated/α-hetero) is 1. The maximum absolute atomic E-state index is 13.2. The molecule has 0 bridgehead atoms. The molecule has 0 aliphatic heterocycles. The normalized spacial score (nSPS) is 47.8. The molecule has 1 aromatic rings. The Hall–Kier alpha value is -1.16. The summed E-state index contributed by atoms with van der Waals surface area (Å²) in [6.07, 6.45) is 14.2. The summed E-state index contributed by atoms with van der Waals surface area (Å²) in [4.78, 5) is 13.2. The Labute approximate surface area is 169 Å². The molecular formula is C24H36N2O2. The summed E-state index contributed by atoms with van der Waals surface area (Å²) in [6.45, 7) is 5.41. The predicted molar refractivity (Wildman–Crippen MR) is 108 cm³/mol. The van der Waals surface area contributed by atoms with Crippen LogP contribution in [-0.2, 0) is 11.3 Å². The van der Waals surface area contributed by atoms with Crippen LogP contribution in [0.4, 0.5) is 0 Å². The lowest BCUT2D eigenvalue weighted by atomic mass is 9.44. The van der Waals surface area contributed by atoms with E-state index in [1.165, 1.54) is 38.5 Å². The maximum Gasteiger partial charge on any atom is 0.157 e. The number of rotatable bonds is 3. The van der Waals surface area contributed by atoms with Crippen LogP contribution in [0.1, 0.15) is 71.6 Å². The largest absolute Gasteiger partial charge is 0.393 e. The highest BCUT2D eigenvalue weighted by Gasteiger charge is 2.61. The molecule has 4 saturated carbocycles. The highest BCUT2D eigenvalue weighted by atomic mass is 16.3. The van der Waals surface area contributed by atoms with Crippen LogP contribution in [0, 0.1) is 40.4 Å². The van der Waals surface area contributed by atoms with Crippen LogP contribution in [0.3, 0.4) is 0 Å². The summed E-state index contributed by atoms with van der Waals surface area (Å²) in [5.74, 6) is 3.62. The molecule has 4 heteroatoms. The fourth-order valence-electron chi connectivity index (χ4n) is 8.43. The number of hydrogen-bond donors (Lipinski definition) is 1. The van der Waals surface area contributed by atoms with Gasteiger partial charge >= 0.3 is 0 Å².